The first-order chi connectivity index (χ1) is 9.06. The summed E-state index contributed by atoms with van der Waals surface area (Å²) in [5.41, 5.74) is 3.87. The Morgan fingerprint density at radius 1 is 1.40 bits per heavy atom. The SMILES string of the molecule is Cc1c(NC(C)(C)C(N)=O)cc(C(=O)O)cc1[N+](=O)[O-]. The van der Waals surface area contributed by atoms with Gasteiger partial charge in [0, 0.05) is 17.3 Å². The van der Waals surface area contributed by atoms with E-state index >= 15 is 0 Å². The lowest BCUT2D eigenvalue weighted by Crippen LogP contribution is -2.45. The summed E-state index contributed by atoms with van der Waals surface area (Å²) < 4.78 is 0. The molecule has 108 valence electrons. The number of nitrogens with one attached hydrogen (secondary N) is 1. The van der Waals surface area contributed by atoms with E-state index in [-0.39, 0.29) is 22.5 Å². The van der Waals surface area contributed by atoms with Crippen molar-refractivity contribution in [2.75, 3.05) is 5.32 Å². The van der Waals surface area contributed by atoms with E-state index in [1.165, 1.54) is 26.8 Å². The molecule has 4 N–H and O–H groups in total. The summed E-state index contributed by atoms with van der Waals surface area (Å²) in [6, 6.07) is 2.20. The number of nitro benzene ring substituents is 1. The number of aromatic carboxylic acids is 1. The molecule has 1 rings (SSSR count). The summed E-state index contributed by atoms with van der Waals surface area (Å²) in [4.78, 5) is 32.5. The van der Waals surface area contributed by atoms with Crippen LogP contribution in [0.1, 0.15) is 29.8 Å². The Morgan fingerprint density at radius 2 is 1.95 bits per heavy atom. The zero-order chi connectivity index (χ0) is 15.7. The number of anilines is 1. The standard InChI is InChI=1S/C12H15N3O5/c1-6-8(14-12(2,3)11(13)18)4-7(10(16)17)5-9(6)15(19)20/h4-5,14H,1-3H3,(H2,13,18)(H,16,17). The summed E-state index contributed by atoms with van der Waals surface area (Å²) in [5, 5.41) is 22.6. The molecule has 0 spiro atoms. The van der Waals surface area contributed by atoms with Gasteiger partial charge in [-0.3, -0.25) is 14.9 Å². The van der Waals surface area contributed by atoms with Gasteiger partial charge >= 0.3 is 5.97 Å². The van der Waals surface area contributed by atoms with Gasteiger partial charge < -0.3 is 16.2 Å². The summed E-state index contributed by atoms with van der Waals surface area (Å²) in [6.07, 6.45) is 0. The zero-order valence-corrected chi connectivity index (χ0v) is 11.3. The molecule has 20 heavy (non-hydrogen) atoms. The predicted octanol–water partition coefficient (Wildman–Crippen LogP) is 1.28. The third-order valence-electron chi connectivity index (χ3n) is 2.89. The summed E-state index contributed by atoms with van der Waals surface area (Å²) in [7, 11) is 0. The van der Waals surface area contributed by atoms with Gasteiger partial charge in [0.1, 0.15) is 5.54 Å². The molecule has 0 saturated heterocycles. The van der Waals surface area contributed by atoms with Crippen LogP contribution in [0.25, 0.3) is 0 Å². The number of nitrogens with two attached hydrogens (primary N) is 1. The molecule has 0 aliphatic carbocycles. The highest BCUT2D eigenvalue weighted by Gasteiger charge is 2.27. The molecule has 0 heterocycles. The molecule has 8 heteroatoms. The normalized spacial score (nSPS) is 10.9. The maximum absolute atomic E-state index is 11.3. The maximum Gasteiger partial charge on any atom is 0.336 e. The Balaban J connectivity index is 3.42. The van der Waals surface area contributed by atoms with Gasteiger partial charge in [0.15, 0.2) is 0 Å². The second kappa shape index (κ2) is 5.16. The maximum atomic E-state index is 11.3. The number of nitro groups is 1. The lowest BCUT2D eigenvalue weighted by molar-refractivity contribution is -0.385. The first kappa shape index (κ1) is 15.4. The fourth-order valence-electron chi connectivity index (χ4n) is 1.54. The summed E-state index contributed by atoms with van der Waals surface area (Å²) >= 11 is 0. The van der Waals surface area contributed by atoms with Crippen LogP contribution in [0.4, 0.5) is 11.4 Å². The third-order valence-corrected chi connectivity index (χ3v) is 2.89. The Labute approximate surface area is 114 Å². The van der Waals surface area contributed by atoms with Crippen molar-refractivity contribution >= 4 is 23.3 Å². The van der Waals surface area contributed by atoms with Gasteiger partial charge in [0.25, 0.3) is 5.69 Å². The average Bonchev–Trinajstić information content (AvgIpc) is 2.30. The fourth-order valence-corrected chi connectivity index (χ4v) is 1.54. The number of carboxylic acids is 1. The largest absolute Gasteiger partial charge is 0.478 e. The molecule has 0 bridgehead atoms. The van der Waals surface area contributed by atoms with Crippen molar-refractivity contribution in [3.8, 4) is 0 Å². The van der Waals surface area contributed by atoms with Gasteiger partial charge in [0.2, 0.25) is 5.91 Å². The molecule has 0 aliphatic rings. The van der Waals surface area contributed by atoms with Crippen LogP contribution in [-0.2, 0) is 4.79 Å². The van der Waals surface area contributed by atoms with Crippen LogP contribution in [-0.4, -0.2) is 27.4 Å². The minimum atomic E-state index is -1.30. The van der Waals surface area contributed by atoms with Gasteiger partial charge in [-0.2, -0.15) is 0 Å². The minimum absolute atomic E-state index is 0.181. The molecule has 0 aliphatic heterocycles. The topological polar surface area (TPSA) is 136 Å². The van der Waals surface area contributed by atoms with Crippen LogP contribution >= 0.6 is 0 Å². The number of nitrogens with zero attached hydrogens (tertiary/aromatic N) is 1. The van der Waals surface area contributed by atoms with E-state index < -0.39 is 22.3 Å². The number of hydrogen-bond acceptors (Lipinski definition) is 5. The number of primary amides is 1. The first-order valence-electron chi connectivity index (χ1n) is 5.66. The minimum Gasteiger partial charge on any atom is -0.478 e. The smallest absolute Gasteiger partial charge is 0.336 e. The number of carbonyl (C=O) groups is 2. The molecule has 8 nitrogen and oxygen atoms in total. The predicted molar refractivity (Wildman–Crippen MR) is 71.7 cm³/mol. The van der Waals surface area contributed by atoms with Gasteiger partial charge in [-0.15, -0.1) is 0 Å². The fraction of sp³-hybridized carbons (Fsp3) is 0.333. The molecular weight excluding hydrogens is 266 g/mol. The number of carbonyl (C=O) groups excluding carboxylic acids is 1. The van der Waals surface area contributed by atoms with Crippen molar-refractivity contribution in [2.24, 2.45) is 5.73 Å². The van der Waals surface area contributed by atoms with E-state index in [9.17, 15) is 19.7 Å². The lowest BCUT2D eigenvalue weighted by Gasteiger charge is -2.25. The van der Waals surface area contributed by atoms with E-state index in [0.29, 0.717) is 0 Å². The molecule has 0 aromatic heterocycles. The molecule has 0 saturated carbocycles. The summed E-state index contributed by atoms with van der Waals surface area (Å²) in [5.74, 6) is -1.96. The third kappa shape index (κ3) is 3.02. The molecule has 0 unspecified atom stereocenters. The van der Waals surface area contributed by atoms with E-state index in [4.69, 9.17) is 10.8 Å². The van der Waals surface area contributed by atoms with Crippen molar-refractivity contribution in [1.82, 2.24) is 0 Å². The second-order valence-electron chi connectivity index (χ2n) is 4.84. The van der Waals surface area contributed by atoms with Gasteiger partial charge in [0.05, 0.1) is 10.5 Å². The van der Waals surface area contributed by atoms with Crippen LogP contribution in [0.15, 0.2) is 12.1 Å². The van der Waals surface area contributed by atoms with Crippen LogP contribution in [0.3, 0.4) is 0 Å². The average molecular weight is 281 g/mol. The number of amides is 1. The number of rotatable bonds is 5. The zero-order valence-electron chi connectivity index (χ0n) is 11.3. The van der Waals surface area contributed by atoms with E-state index in [0.717, 1.165) is 6.07 Å². The van der Waals surface area contributed by atoms with Crippen molar-refractivity contribution in [3.63, 3.8) is 0 Å². The molecule has 0 radical (unpaired) electrons. The molecule has 0 atom stereocenters. The van der Waals surface area contributed by atoms with Crippen molar-refractivity contribution < 1.29 is 19.6 Å². The van der Waals surface area contributed by atoms with E-state index in [2.05, 4.69) is 5.32 Å². The van der Waals surface area contributed by atoms with Gasteiger partial charge in [-0.05, 0) is 26.8 Å². The molecule has 1 aromatic rings. The second-order valence-corrected chi connectivity index (χ2v) is 4.84. The molecular formula is C12H15N3O5. The number of carboxylic acid groups (broad SMARTS) is 1. The van der Waals surface area contributed by atoms with Gasteiger partial charge in [-0.25, -0.2) is 4.79 Å². The van der Waals surface area contributed by atoms with E-state index in [1.807, 2.05) is 0 Å². The van der Waals surface area contributed by atoms with E-state index in [1.54, 1.807) is 0 Å². The number of hydrogen-bond donors (Lipinski definition) is 3. The lowest BCUT2D eigenvalue weighted by atomic mass is 10.0. The van der Waals surface area contributed by atoms with Crippen LogP contribution in [0.2, 0.25) is 0 Å². The Hall–Kier alpha value is -2.64. The van der Waals surface area contributed by atoms with Crippen molar-refractivity contribution in [3.05, 3.63) is 33.4 Å². The molecule has 1 amide bonds. The Bertz CT molecular complexity index is 595. The highest BCUT2D eigenvalue weighted by Crippen LogP contribution is 2.29. The molecule has 1 aromatic carbocycles. The number of benzene rings is 1. The Morgan fingerprint density at radius 3 is 2.35 bits per heavy atom. The molecule has 0 fully saturated rings. The van der Waals surface area contributed by atoms with Crippen LogP contribution in [0, 0.1) is 17.0 Å². The van der Waals surface area contributed by atoms with Gasteiger partial charge in [-0.1, -0.05) is 0 Å². The summed E-state index contributed by atoms with van der Waals surface area (Å²) in [6.45, 7) is 4.45. The monoisotopic (exact) mass is 281 g/mol. The Kier molecular flexibility index (Phi) is 3.97. The highest BCUT2D eigenvalue weighted by atomic mass is 16.6. The first-order valence-corrected chi connectivity index (χ1v) is 5.66. The van der Waals surface area contributed by atoms with Crippen molar-refractivity contribution in [2.45, 2.75) is 26.3 Å². The van der Waals surface area contributed by atoms with Crippen LogP contribution < -0.4 is 11.1 Å². The quantitative estimate of drug-likeness (QED) is 0.549. The highest BCUT2D eigenvalue weighted by molar-refractivity contribution is 5.92. The van der Waals surface area contributed by atoms with Crippen LogP contribution in [0.5, 0.6) is 0 Å². The van der Waals surface area contributed by atoms with Crippen molar-refractivity contribution in [1.29, 1.82) is 0 Å².